The molecule has 0 amide bonds. The highest BCUT2D eigenvalue weighted by molar-refractivity contribution is 5.27. The van der Waals surface area contributed by atoms with Crippen LogP contribution in [0.15, 0.2) is 24.3 Å². The number of nitrogens with two attached hydrogens (primary N) is 1. The molecule has 80 valence electrons. The van der Waals surface area contributed by atoms with Gasteiger partial charge in [0.2, 0.25) is 0 Å². The van der Waals surface area contributed by atoms with Gasteiger partial charge in [0.05, 0.1) is 0 Å². The Balaban J connectivity index is 2.43. The lowest BCUT2D eigenvalue weighted by Crippen LogP contribution is -2.00. The van der Waals surface area contributed by atoms with Crippen LogP contribution < -0.4 is 10.5 Å². The number of hydrogen-bond donors (Lipinski definition) is 1. The average molecular weight is 203 g/mol. The van der Waals surface area contributed by atoms with Crippen LogP contribution in [0.1, 0.15) is 18.9 Å². The van der Waals surface area contributed by atoms with Crippen molar-refractivity contribution in [1.82, 2.24) is 0 Å². The molecular formula is C13H17NO. The maximum Gasteiger partial charge on any atom is 0.149 e. The normalized spacial score (nSPS) is 9.20. The molecule has 2 nitrogen and oxygen atoms in total. The van der Waals surface area contributed by atoms with Crippen molar-refractivity contribution in [2.45, 2.75) is 19.8 Å². The molecule has 0 radical (unpaired) electrons. The number of aryl methyl sites for hydroxylation is 1. The minimum absolute atomic E-state index is 0.457. The molecule has 0 fully saturated rings. The maximum absolute atomic E-state index is 5.45. The van der Waals surface area contributed by atoms with Gasteiger partial charge in [0.1, 0.15) is 12.4 Å². The Kier molecular flexibility index (Phi) is 5.35. The van der Waals surface area contributed by atoms with Crippen molar-refractivity contribution in [2.75, 3.05) is 13.2 Å². The Morgan fingerprint density at radius 3 is 2.60 bits per heavy atom. The zero-order valence-corrected chi connectivity index (χ0v) is 9.12. The summed E-state index contributed by atoms with van der Waals surface area (Å²) >= 11 is 0. The van der Waals surface area contributed by atoms with Gasteiger partial charge in [-0.2, -0.15) is 0 Å². The standard InChI is InChI=1S/C13H17NO/c1-2-3-11-15-13-8-6-12(7-9-13)5-4-10-14/h6-9H,4-5,10-11,14H2,1H3. The van der Waals surface area contributed by atoms with Crippen LogP contribution >= 0.6 is 0 Å². The summed E-state index contributed by atoms with van der Waals surface area (Å²) in [7, 11) is 0. The Labute approximate surface area is 91.4 Å². The smallest absolute Gasteiger partial charge is 0.149 e. The van der Waals surface area contributed by atoms with Crippen LogP contribution in [0, 0.1) is 11.8 Å². The molecule has 1 aromatic rings. The molecule has 0 saturated carbocycles. The summed E-state index contributed by atoms with van der Waals surface area (Å²) < 4.78 is 5.41. The van der Waals surface area contributed by atoms with Gasteiger partial charge in [-0.3, -0.25) is 0 Å². The molecule has 0 aliphatic carbocycles. The lowest BCUT2D eigenvalue weighted by atomic mass is 10.1. The number of hydrogen-bond acceptors (Lipinski definition) is 2. The molecule has 0 aliphatic heterocycles. The van der Waals surface area contributed by atoms with Crippen molar-refractivity contribution in [1.29, 1.82) is 0 Å². The molecule has 15 heavy (non-hydrogen) atoms. The van der Waals surface area contributed by atoms with E-state index < -0.39 is 0 Å². The first-order valence-corrected chi connectivity index (χ1v) is 5.18. The van der Waals surface area contributed by atoms with Crippen molar-refractivity contribution < 1.29 is 4.74 Å². The zero-order valence-electron chi connectivity index (χ0n) is 9.12. The summed E-state index contributed by atoms with van der Waals surface area (Å²) in [5.41, 5.74) is 6.75. The van der Waals surface area contributed by atoms with Gasteiger partial charge in [-0.1, -0.05) is 18.1 Å². The monoisotopic (exact) mass is 203 g/mol. The van der Waals surface area contributed by atoms with Gasteiger partial charge in [-0.25, -0.2) is 0 Å². The van der Waals surface area contributed by atoms with E-state index in [1.165, 1.54) is 5.56 Å². The third-order valence-electron chi connectivity index (χ3n) is 2.08. The van der Waals surface area contributed by atoms with Crippen LogP contribution in [0.4, 0.5) is 0 Å². The van der Waals surface area contributed by atoms with Crippen LogP contribution in [0.25, 0.3) is 0 Å². The van der Waals surface area contributed by atoms with Gasteiger partial charge < -0.3 is 10.5 Å². The third kappa shape index (κ3) is 4.53. The number of rotatable bonds is 5. The SMILES string of the molecule is CC#CCOc1ccc(CCCN)cc1. The van der Waals surface area contributed by atoms with E-state index in [0.717, 1.165) is 25.1 Å². The lowest BCUT2D eigenvalue weighted by molar-refractivity contribution is 0.370. The fraction of sp³-hybridized carbons (Fsp3) is 0.385. The molecule has 0 unspecified atom stereocenters. The van der Waals surface area contributed by atoms with Gasteiger partial charge >= 0.3 is 0 Å². The second kappa shape index (κ2) is 6.92. The molecule has 0 heterocycles. The predicted octanol–water partition coefficient (Wildman–Crippen LogP) is 1.98. The summed E-state index contributed by atoms with van der Waals surface area (Å²) in [6, 6.07) is 8.10. The van der Waals surface area contributed by atoms with E-state index >= 15 is 0 Å². The molecular weight excluding hydrogens is 186 g/mol. The largest absolute Gasteiger partial charge is 0.481 e. The highest BCUT2D eigenvalue weighted by atomic mass is 16.5. The zero-order chi connectivity index (χ0) is 10.9. The van der Waals surface area contributed by atoms with Gasteiger partial charge in [0.15, 0.2) is 0 Å². The fourth-order valence-corrected chi connectivity index (χ4v) is 1.25. The summed E-state index contributed by atoms with van der Waals surface area (Å²) in [6.07, 6.45) is 2.06. The van der Waals surface area contributed by atoms with Crippen molar-refractivity contribution >= 4 is 0 Å². The van der Waals surface area contributed by atoms with E-state index in [1.54, 1.807) is 6.92 Å². The van der Waals surface area contributed by atoms with Crippen LogP contribution in [-0.2, 0) is 6.42 Å². The highest BCUT2D eigenvalue weighted by Gasteiger charge is 1.94. The Hall–Kier alpha value is -1.46. The van der Waals surface area contributed by atoms with Gasteiger partial charge in [-0.05, 0) is 44.0 Å². The average Bonchev–Trinajstić information content (AvgIpc) is 2.28. The summed E-state index contributed by atoms with van der Waals surface area (Å²) in [5.74, 6) is 6.51. The van der Waals surface area contributed by atoms with E-state index in [-0.39, 0.29) is 0 Å². The third-order valence-corrected chi connectivity index (χ3v) is 2.08. The summed E-state index contributed by atoms with van der Waals surface area (Å²) in [5, 5.41) is 0. The minimum atomic E-state index is 0.457. The van der Waals surface area contributed by atoms with E-state index in [2.05, 4.69) is 24.0 Å². The molecule has 0 aromatic heterocycles. The van der Waals surface area contributed by atoms with Crippen LogP contribution in [0.2, 0.25) is 0 Å². The van der Waals surface area contributed by atoms with Gasteiger partial charge in [0.25, 0.3) is 0 Å². The van der Waals surface area contributed by atoms with Crippen molar-refractivity contribution in [3.63, 3.8) is 0 Å². The molecule has 2 N–H and O–H groups in total. The van der Waals surface area contributed by atoms with E-state index in [9.17, 15) is 0 Å². The molecule has 0 aliphatic rings. The first-order valence-electron chi connectivity index (χ1n) is 5.18. The first kappa shape index (κ1) is 11.6. The van der Waals surface area contributed by atoms with Crippen molar-refractivity contribution in [3.8, 4) is 17.6 Å². The number of benzene rings is 1. The van der Waals surface area contributed by atoms with E-state index in [4.69, 9.17) is 10.5 Å². The highest BCUT2D eigenvalue weighted by Crippen LogP contribution is 2.12. The molecule has 2 heteroatoms. The first-order chi connectivity index (χ1) is 7.36. The Bertz CT molecular complexity index is 332. The van der Waals surface area contributed by atoms with Crippen LogP contribution in [-0.4, -0.2) is 13.2 Å². The van der Waals surface area contributed by atoms with Crippen LogP contribution in [0.5, 0.6) is 5.75 Å². The Morgan fingerprint density at radius 2 is 2.00 bits per heavy atom. The molecule has 0 saturated heterocycles. The molecule has 0 atom stereocenters. The van der Waals surface area contributed by atoms with Crippen molar-refractivity contribution in [3.05, 3.63) is 29.8 Å². The fourth-order valence-electron chi connectivity index (χ4n) is 1.25. The quantitative estimate of drug-likeness (QED) is 0.743. The number of ether oxygens (including phenoxy) is 1. The van der Waals surface area contributed by atoms with Gasteiger partial charge in [0, 0.05) is 0 Å². The van der Waals surface area contributed by atoms with Gasteiger partial charge in [-0.15, -0.1) is 5.92 Å². The second-order valence-electron chi connectivity index (χ2n) is 3.25. The molecule has 1 rings (SSSR count). The summed E-state index contributed by atoms with van der Waals surface area (Å²) in [4.78, 5) is 0. The molecule has 0 spiro atoms. The van der Waals surface area contributed by atoms with E-state index in [0.29, 0.717) is 6.61 Å². The minimum Gasteiger partial charge on any atom is -0.481 e. The topological polar surface area (TPSA) is 35.2 Å². The van der Waals surface area contributed by atoms with E-state index in [1.807, 2.05) is 12.1 Å². The maximum atomic E-state index is 5.45. The predicted molar refractivity (Wildman–Crippen MR) is 62.8 cm³/mol. The molecule has 0 bridgehead atoms. The molecule has 1 aromatic carbocycles. The van der Waals surface area contributed by atoms with Crippen LogP contribution in [0.3, 0.4) is 0 Å². The second-order valence-corrected chi connectivity index (χ2v) is 3.25. The Morgan fingerprint density at radius 1 is 1.27 bits per heavy atom. The van der Waals surface area contributed by atoms with Crippen molar-refractivity contribution in [2.24, 2.45) is 5.73 Å². The summed E-state index contributed by atoms with van der Waals surface area (Å²) in [6.45, 7) is 3.00. The lowest BCUT2D eigenvalue weighted by Gasteiger charge is -2.03.